The van der Waals surface area contributed by atoms with Gasteiger partial charge >= 0.3 is 0 Å². The van der Waals surface area contributed by atoms with E-state index in [9.17, 15) is 0 Å². The lowest BCUT2D eigenvalue weighted by Crippen LogP contribution is -2.42. The third-order valence-electron chi connectivity index (χ3n) is 3.85. The molecule has 1 rings (SSSR count). The number of piperidine rings is 1. The number of nitrogens with one attached hydrogen (secondary N) is 1. The first-order chi connectivity index (χ1) is 8.22. The van der Waals surface area contributed by atoms with Crippen LogP contribution in [0.25, 0.3) is 0 Å². The van der Waals surface area contributed by atoms with Crippen LogP contribution in [0.2, 0.25) is 0 Å². The van der Waals surface area contributed by atoms with Gasteiger partial charge in [-0.2, -0.15) is 0 Å². The van der Waals surface area contributed by atoms with Crippen molar-refractivity contribution in [2.75, 3.05) is 26.2 Å². The molecule has 0 amide bonds. The summed E-state index contributed by atoms with van der Waals surface area (Å²) >= 11 is 0. The van der Waals surface area contributed by atoms with E-state index in [2.05, 4.69) is 31.0 Å². The Hall–Kier alpha value is -0.0800. The third kappa shape index (κ3) is 7.05. The van der Waals surface area contributed by atoms with Crippen molar-refractivity contribution in [3.05, 3.63) is 0 Å². The second-order valence-electron chi connectivity index (χ2n) is 5.92. The summed E-state index contributed by atoms with van der Waals surface area (Å²) in [6, 6.07) is 0.650. The van der Waals surface area contributed by atoms with Gasteiger partial charge in [0.2, 0.25) is 0 Å². The van der Waals surface area contributed by atoms with Crippen LogP contribution >= 0.6 is 0 Å². The number of unbranched alkanes of at least 4 members (excludes halogenated alkanes) is 1. The molecule has 0 saturated carbocycles. The van der Waals surface area contributed by atoms with Crippen LogP contribution in [0.5, 0.6) is 0 Å². The molecule has 2 atom stereocenters. The normalized spacial score (nSPS) is 21.4. The molecule has 1 aliphatic rings. The van der Waals surface area contributed by atoms with Crippen molar-refractivity contribution in [2.45, 2.75) is 65.3 Å². The molecule has 2 heteroatoms. The summed E-state index contributed by atoms with van der Waals surface area (Å²) in [6.45, 7) is 12.0. The van der Waals surface area contributed by atoms with Crippen LogP contribution in [0.3, 0.4) is 0 Å². The zero-order valence-corrected chi connectivity index (χ0v) is 12.2. The molecule has 0 aromatic heterocycles. The molecule has 0 radical (unpaired) electrons. The number of hydrogen-bond donors (Lipinski definition) is 1. The minimum absolute atomic E-state index is 0.650. The molecule has 1 aliphatic heterocycles. The maximum absolute atomic E-state index is 3.70. The Morgan fingerprint density at radius 2 is 1.82 bits per heavy atom. The molecule has 1 saturated heterocycles. The molecule has 1 N–H and O–H groups in total. The van der Waals surface area contributed by atoms with E-state index in [1.807, 2.05) is 0 Å². The Kier molecular flexibility index (Phi) is 7.87. The van der Waals surface area contributed by atoms with Crippen LogP contribution in [-0.2, 0) is 0 Å². The zero-order chi connectivity index (χ0) is 12.5. The molecule has 0 bridgehead atoms. The van der Waals surface area contributed by atoms with Crippen molar-refractivity contribution in [1.82, 2.24) is 10.2 Å². The number of likely N-dealkylation sites (tertiary alicyclic amines) is 1. The molecular formula is C15H32N2. The van der Waals surface area contributed by atoms with Gasteiger partial charge in [0, 0.05) is 12.6 Å². The van der Waals surface area contributed by atoms with E-state index in [0.717, 1.165) is 5.92 Å². The lowest BCUT2D eigenvalue weighted by atomic mass is 10.0. The van der Waals surface area contributed by atoms with E-state index in [0.29, 0.717) is 6.04 Å². The Bertz CT molecular complexity index is 176. The van der Waals surface area contributed by atoms with Gasteiger partial charge in [-0.05, 0) is 51.7 Å². The van der Waals surface area contributed by atoms with E-state index >= 15 is 0 Å². The van der Waals surface area contributed by atoms with Crippen molar-refractivity contribution in [1.29, 1.82) is 0 Å². The average molecular weight is 240 g/mol. The fourth-order valence-corrected chi connectivity index (χ4v) is 2.65. The fourth-order valence-electron chi connectivity index (χ4n) is 2.65. The minimum Gasteiger partial charge on any atom is -0.313 e. The summed E-state index contributed by atoms with van der Waals surface area (Å²) in [6.07, 6.45) is 8.32. The summed E-state index contributed by atoms with van der Waals surface area (Å²) in [5, 5.41) is 3.70. The molecule has 0 aliphatic carbocycles. The number of nitrogens with zero attached hydrogens (tertiary/aromatic N) is 1. The monoisotopic (exact) mass is 240 g/mol. The zero-order valence-electron chi connectivity index (χ0n) is 12.2. The molecule has 0 aromatic carbocycles. The fraction of sp³-hybridized carbons (Fsp3) is 1.00. The highest BCUT2D eigenvalue weighted by Gasteiger charge is 2.13. The van der Waals surface area contributed by atoms with Crippen LogP contribution in [0.1, 0.15) is 59.3 Å². The lowest BCUT2D eigenvalue weighted by molar-refractivity contribution is 0.207. The third-order valence-corrected chi connectivity index (χ3v) is 3.85. The van der Waals surface area contributed by atoms with Crippen molar-refractivity contribution in [3.63, 3.8) is 0 Å². The van der Waals surface area contributed by atoms with Crippen LogP contribution in [0.15, 0.2) is 0 Å². The maximum Gasteiger partial charge on any atom is 0.0166 e. The van der Waals surface area contributed by atoms with Gasteiger partial charge in [0.15, 0.2) is 0 Å². The highest BCUT2D eigenvalue weighted by Crippen LogP contribution is 2.09. The van der Waals surface area contributed by atoms with E-state index in [-0.39, 0.29) is 0 Å². The predicted octanol–water partition coefficient (Wildman–Crippen LogP) is 3.28. The molecule has 102 valence electrons. The van der Waals surface area contributed by atoms with Crippen LogP contribution in [0, 0.1) is 5.92 Å². The molecule has 17 heavy (non-hydrogen) atoms. The van der Waals surface area contributed by atoms with E-state index < -0.39 is 0 Å². The van der Waals surface area contributed by atoms with Gasteiger partial charge in [-0.25, -0.2) is 0 Å². The van der Waals surface area contributed by atoms with Crippen LogP contribution in [-0.4, -0.2) is 37.1 Å². The molecule has 2 nitrogen and oxygen atoms in total. The number of hydrogen-bond acceptors (Lipinski definition) is 2. The topological polar surface area (TPSA) is 15.3 Å². The van der Waals surface area contributed by atoms with Crippen LogP contribution in [0.4, 0.5) is 0 Å². The first-order valence-corrected chi connectivity index (χ1v) is 7.68. The Labute approximate surface area is 108 Å². The van der Waals surface area contributed by atoms with Crippen molar-refractivity contribution in [2.24, 2.45) is 5.92 Å². The van der Waals surface area contributed by atoms with Crippen molar-refractivity contribution < 1.29 is 0 Å². The second-order valence-corrected chi connectivity index (χ2v) is 5.92. The van der Waals surface area contributed by atoms with Crippen molar-refractivity contribution >= 4 is 0 Å². The van der Waals surface area contributed by atoms with Gasteiger partial charge < -0.3 is 10.2 Å². The van der Waals surface area contributed by atoms with Gasteiger partial charge in [0.25, 0.3) is 0 Å². The van der Waals surface area contributed by atoms with Crippen LogP contribution < -0.4 is 5.32 Å². The van der Waals surface area contributed by atoms with Gasteiger partial charge in [0.1, 0.15) is 0 Å². The Morgan fingerprint density at radius 3 is 2.47 bits per heavy atom. The van der Waals surface area contributed by atoms with Gasteiger partial charge in [-0.3, -0.25) is 0 Å². The van der Waals surface area contributed by atoms with Gasteiger partial charge in [-0.1, -0.05) is 33.1 Å². The maximum atomic E-state index is 3.70. The summed E-state index contributed by atoms with van der Waals surface area (Å²) in [4.78, 5) is 2.62. The van der Waals surface area contributed by atoms with Gasteiger partial charge in [0.05, 0.1) is 0 Å². The minimum atomic E-state index is 0.650. The van der Waals surface area contributed by atoms with E-state index in [4.69, 9.17) is 0 Å². The Balaban J connectivity index is 2.05. The largest absolute Gasteiger partial charge is 0.313 e. The average Bonchev–Trinajstić information content (AvgIpc) is 2.35. The summed E-state index contributed by atoms with van der Waals surface area (Å²) in [5.74, 6) is 0.832. The molecule has 1 heterocycles. The summed E-state index contributed by atoms with van der Waals surface area (Å²) in [5.41, 5.74) is 0. The summed E-state index contributed by atoms with van der Waals surface area (Å²) < 4.78 is 0. The molecule has 2 unspecified atom stereocenters. The Morgan fingerprint density at radius 1 is 1.12 bits per heavy atom. The van der Waals surface area contributed by atoms with E-state index in [1.54, 1.807) is 0 Å². The molecular weight excluding hydrogens is 208 g/mol. The molecule has 0 aromatic rings. The summed E-state index contributed by atoms with van der Waals surface area (Å²) in [7, 11) is 0. The second kappa shape index (κ2) is 8.93. The first-order valence-electron chi connectivity index (χ1n) is 7.68. The molecule has 1 fully saturated rings. The predicted molar refractivity (Wildman–Crippen MR) is 76.4 cm³/mol. The highest BCUT2D eigenvalue weighted by molar-refractivity contribution is 4.72. The lowest BCUT2D eigenvalue weighted by Gasteiger charge is -2.29. The standard InChI is InChI=1S/C15H32N2/c1-4-5-9-14(2)12-16-15(3)13-17-10-7-6-8-11-17/h14-16H,4-13H2,1-3H3. The SMILES string of the molecule is CCCCC(C)CNC(C)CN1CCCCC1. The molecule has 0 spiro atoms. The van der Waals surface area contributed by atoms with E-state index in [1.165, 1.54) is 64.7 Å². The van der Waals surface area contributed by atoms with Crippen molar-refractivity contribution in [3.8, 4) is 0 Å². The van der Waals surface area contributed by atoms with Gasteiger partial charge in [-0.15, -0.1) is 0 Å². The first kappa shape index (κ1) is 15.0. The number of rotatable bonds is 8. The smallest absolute Gasteiger partial charge is 0.0166 e. The quantitative estimate of drug-likeness (QED) is 0.700. The highest BCUT2D eigenvalue weighted by atomic mass is 15.1.